The summed E-state index contributed by atoms with van der Waals surface area (Å²) in [6.45, 7) is 8.89. The summed E-state index contributed by atoms with van der Waals surface area (Å²) in [5, 5.41) is 11.6. The second kappa shape index (κ2) is 8.44. The lowest BCUT2D eigenvalue weighted by Gasteiger charge is -2.23. The van der Waals surface area contributed by atoms with E-state index in [-0.39, 0.29) is 0 Å². The lowest BCUT2D eigenvalue weighted by Crippen LogP contribution is -2.07. The Labute approximate surface area is 131 Å². The Morgan fingerprint density at radius 2 is 2.10 bits per heavy atom. The van der Waals surface area contributed by atoms with Crippen LogP contribution in [0.25, 0.3) is 0 Å². The fourth-order valence-corrected chi connectivity index (χ4v) is 3.17. The van der Waals surface area contributed by atoms with Crippen LogP contribution in [0.15, 0.2) is 6.07 Å². The molecule has 1 rings (SSSR count). The number of hydrogen-bond acceptors (Lipinski definition) is 3. The minimum absolute atomic E-state index is 0.385. The molecular formula is C16H22ClNOS. The first kappa shape index (κ1) is 17.2. The number of rotatable bonds is 7. The zero-order valence-electron chi connectivity index (χ0n) is 12.6. The van der Waals surface area contributed by atoms with Crippen molar-refractivity contribution in [3.8, 4) is 11.2 Å². The van der Waals surface area contributed by atoms with Crippen LogP contribution in [0.1, 0.15) is 49.3 Å². The molecule has 0 heterocycles. The number of ether oxygens (including phenoxy) is 1. The van der Waals surface area contributed by atoms with Crippen molar-refractivity contribution in [1.29, 1.82) is 5.26 Å². The van der Waals surface area contributed by atoms with E-state index < -0.39 is 0 Å². The third-order valence-electron chi connectivity index (χ3n) is 3.53. The molecule has 0 saturated heterocycles. The van der Waals surface area contributed by atoms with Crippen LogP contribution in [0, 0.1) is 24.5 Å². The van der Waals surface area contributed by atoms with E-state index in [4.69, 9.17) is 21.6 Å². The van der Waals surface area contributed by atoms with E-state index in [1.807, 2.05) is 19.9 Å². The summed E-state index contributed by atoms with van der Waals surface area (Å²) in [5.41, 5.74) is 3.38. The summed E-state index contributed by atoms with van der Waals surface area (Å²) in [4.78, 5) is 0. The summed E-state index contributed by atoms with van der Waals surface area (Å²) >= 11 is 7.71. The van der Waals surface area contributed by atoms with Gasteiger partial charge in [0.25, 0.3) is 0 Å². The van der Waals surface area contributed by atoms with Gasteiger partial charge in [-0.25, -0.2) is 0 Å². The third-order valence-corrected chi connectivity index (χ3v) is 4.68. The van der Waals surface area contributed by atoms with Gasteiger partial charge in [0.1, 0.15) is 11.2 Å². The smallest absolute Gasteiger partial charge is 0.133 e. The number of benzene rings is 1. The molecule has 0 aliphatic heterocycles. The van der Waals surface area contributed by atoms with Crippen molar-refractivity contribution >= 4 is 23.4 Å². The predicted octanol–water partition coefficient (Wildman–Crippen LogP) is 5.45. The highest BCUT2D eigenvalue weighted by atomic mass is 35.5. The molecule has 0 amide bonds. The Hall–Kier alpha value is -0.850. The van der Waals surface area contributed by atoms with Crippen molar-refractivity contribution < 1.29 is 4.74 Å². The molecule has 4 heteroatoms. The van der Waals surface area contributed by atoms with Crippen LogP contribution in [0.5, 0.6) is 5.75 Å². The predicted molar refractivity (Wildman–Crippen MR) is 87.8 cm³/mol. The van der Waals surface area contributed by atoms with Crippen molar-refractivity contribution in [2.24, 2.45) is 0 Å². The molecule has 0 bridgehead atoms. The number of thioether (sulfide) groups is 1. The van der Waals surface area contributed by atoms with E-state index in [2.05, 4.69) is 19.2 Å². The van der Waals surface area contributed by atoms with Gasteiger partial charge in [-0.2, -0.15) is 5.26 Å². The third kappa shape index (κ3) is 4.07. The monoisotopic (exact) mass is 311 g/mol. The first-order valence-corrected chi connectivity index (χ1v) is 8.36. The van der Waals surface area contributed by atoms with E-state index >= 15 is 0 Å². The van der Waals surface area contributed by atoms with Gasteiger partial charge in [0.2, 0.25) is 0 Å². The Morgan fingerprint density at radius 1 is 1.40 bits per heavy atom. The summed E-state index contributed by atoms with van der Waals surface area (Å²) in [6.07, 6.45) is 1.99. The van der Waals surface area contributed by atoms with Gasteiger partial charge in [0.05, 0.1) is 6.61 Å². The van der Waals surface area contributed by atoms with Crippen LogP contribution in [-0.4, -0.2) is 12.4 Å². The topological polar surface area (TPSA) is 33.0 Å². The van der Waals surface area contributed by atoms with Crippen LogP contribution < -0.4 is 4.74 Å². The first-order valence-electron chi connectivity index (χ1n) is 6.99. The number of nitriles is 1. The zero-order valence-corrected chi connectivity index (χ0v) is 14.2. The lowest BCUT2D eigenvalue weighted by atomic mass is 9.88. The van der Waals surface area contributed by atoms with Crippen molar-refractivity contribution in [1.82, 2.24) is 0 Å². The van der Waals surface area contributed by atoms with Gasteiger partial charge in [-0.3, -0.25) is 0 Å². The zero-order chi connectivity index (χ0) is 15.1. The first-order chi connectivity index (χ1) is 9.56. The molecule has 1 aromatic rings. The molecule has 20 heavy (non-hydrogen) atoms. The largest absolute Gasteiger partial charge is 0.494 e. The van der Waals surface area contributed by atoms with Crippen LogP contribution in [-0.2, 0) is 0 Å². The standard InChI is InChI=1S/C16H22ClNOS/c1-5-13(7-8-20-10-18)15-12(4)16(17)11(3)9-14(15)19-6-2/h9,13H,5-8H2,1-4H3. The fourth-order valence-electron chi connectivity index (χ4n) is 2.52. The summed E-state index contributed by atoms with van der Waals surface area (Å²) in [5.74, 6) is 2.17. The molecule has 1 unspecified atom stereocenters. The van der Waals surface area contributed by atoms with E-state index in [1.54, 1.807) is 0 Å². The summed E-state index contributed by atoms with van der Waals surface area (Å²) in [7, 11) is 0. The molecule has 0 aliphatic rings. The number of halogens is 1. The maximum Gasteiger partial charge on any atom is 0.133 e. The Balaban J connectivity index is 3.17. The molecule has 0 aliphatic carbocycles. The molecule has 0 fully saturated rings. The van der Waals surface area contributed by atoms with Gasteiger partial charge in [0.15, 0.2) is 0 Å². The maximum absolute atomic E-state index is 8.66. The molecule has 0 saturated carbocycles. The van der Waals surface area contributed by atoms with Gasteiger partial charge >= 0.3 is 0 Å². The lowest BCUT2D eigenvalue weighted by molar-refractivity contribution is 0.332. The number of hydrogen-bond donors (Lipinski definition) is 0. The van der Waals surface area contributed by atoms with E-state index in [9.17, 15) is 0 Å². The minimum atomic E-state index is 0.385. The van der Waals surface area contributed by atoms with Crippen molar-refractivity contribution in [3.63, 3.8) is 0 Å². The molecule has 110 valence electrons. The number of thiocyanates is 1. The Bertz CT molecular complexity index is 496. The van der Waals surface area contributed by atoms with Crippen molar-refractivity contribution in [3.05, 3.63) is 27.8 Å². The fraction of sp³-hybridized carbons (Fsp3) is 0.562. The van der Waals surface area contributed by atoms with Gasteiger partial charge < -0.3 is 4.74 Å². The molecule has 0 aromatic heterocycles. The average Bonchev–Trinajstić information content (AvgIpc) is 2.43. The molecule has 0 radical (unpaired) electrons. The van der Waals surface area contributed by atoms with Gasteiger partial charge in [-0.1, -0.05) is 18.5 Å². The normalized spacial score (nSPS) is 12.0. The van der Waals surface area contributed by atoms with Crippen molar-refractivity contribution in [2.75, 3.05) is 12.4 Å². The van der Waals surface area contributed by atoms with Gasteiger partial charge in [0, 0.05) is 16.3 Å². The highest BCUT2D eigenvalue weighted by Crippen LogP contribution is 2.39. The SMILES string of the molecule is CCOc1cc(C)c(Cl)c(C)c1C(CC)CCSC#N. The molecule has 1 aromatic carbocycles. The van der Waals surface area contributed by atoms with E-state index in [0.29, 0.717) is 12.5 Å². The number of aryl methyl sites for hydroxylation is 1. The highest BCUT2D eigenvalue weighted by molar-refractivity contribution is 8.03. The minimum Gasteiger partial charge on any atom is -0.494 e. The van der Waals surface area contributed by atoms with Crippen LogP contribution in [0.4, 0.5) is 0 Å². The molecule has 1 atom stereocenters. The summed E-state index contributed by atoms with van der Waals surface area (Å²) < 4.78 is 5.81. The Kier molecular flexibility index (Phi) is 7.26. The molecule has 0 spiro atoms. The van der Waals surface area contributed by atoms with Crippen LogP contribution in [0.3, 0.4) is 0 Å². The second-order valence-corrected chi connectivity index (χ2v) is 6.07. The van der Waals surface area contributed by atoms with E-state index in [1.165, 1.54) is 17.3 Å². The maximum atomic E-state index is 8.66. The number of nitrogens with zero attached hydrogens (tertiary/aromatic N) is 1. The van der Waals surface area contributed by atoms with Crippen LogP contribution >= 0.6 is 23.4 Å². The van der Waals surface area contributed by atoms with Gasteiger partial charge in [-0.05, 0) is 68.5 Å². The molecule has 2 nitrogen and oxygen atoms in total. The average molecular weight is 312 g/mol. The summed E-state index contributed by atoms with van der Waals surface area (Å²) in [6, 6.07) is 2.04. The van der Waals surface area contributed by atoms with Crippen molar-refractivity contribution in [2.45, 2.75) is 46.5 Å². The Morgan fingerprint density at radius 3 is 2.65 bits per heavy atom. The second-order valence-electron chi connectivity index (χ2n) is 4.81. The van der Waals surface area contributed by atoms with Gasteiger partial charge in [-0.15, -0.1) is 0 Å². The quantitative estimate of drug-likeness (QED) is 0.495. The van der Waals surface area contributed by atoms with E-state index in [0.717, 1.165) is 40.5 Å². The molecule has 0 N–H and O–H groups in total. The highest BCUT2D eigenvalue weighted by Gasteiger charge is 2.20. The molecular weight excluding hydrogens is 290 g/mol. The van der Waals surface area contributed by atoms with Crippen LogP contribution in [0.2, 0.25) is 5.02 Å².